The van der Waals surface area contributed by atoms with Crippen LogP contribution in [0.3, 0.4) is 0 Å². The first-order chi connectivity index (χ1) is 7.35. The van der Waals surface area contributed by atoms with E-state index in [4.69, 9.17) is 14.7 Å². The van der Waals surface area contributed by atoms with Crippen molar-refractivity contribution in [1.29, 1.82) is 5.26 Å². The number of nitriles is 1. The van der Waals surface area contributed by atoms with Crippen molar-refractivity contribution in [3.63, 3.8) is 0 Å². The van der Waals surface area contributed by atoms with Crippen LogP contribution < -0.4 is 4.74 Å². The Bertz CT molecular complexity index is 389. The minimum Gasteiger partial charge on any atom is -0.495 e. The summed E-state index contributed by atoms with van der Waals surface area (Å²) in [5.74, 6) is 1.07. The third-order valence-electron chi connectivity index (χ3n) is 2.75. The Hall–Kier alpha value is -1.53. The van der Waals surface area contributed by atoms with Gasteiger partial charge in [0.15, 0.2) is 0 Å². The average molecular weight is 203 g/mol. The van der Waals surface area contributed by atoms with Crippen LogP contribution in [0, 0.1) is 11.3 Å². The van der Waals surface area contributed by atoms with Crippen LogP contribution in [0.25, 0.3) is 0 Å². The normalized spacial score (nSPS) is 19.9. The van der Waals surface area contributed by atoms with Crippen molar-refractivity contribution in [1.82, 2.24) is 0 Å². The molecule has 0 bridgehead atoms. The zero-order valence-corrected chi connectivity index (χ0v) is 8.69. The Morgan fingerprint density at radius 2 is 2.40 bits per heavy atom. The molecule has 1 atom stereocenters. The molecule has 78 valence electrons. The zero-order valence-electron chi connectivity index (χ0n) is 8.69. The lowest BCUT2D eigenvalue weighted by atomic mass is 9.96. The fourth-order valence-electron chi connectivity index (χ4n) is 1.86. The van der Waals surface area contributed by atoms with Crippen LogP contribution in [-0.2, 0) is 4.74 Å². The molecule has 1 fully saturated rings. The molecule has 1 aliphatic rings. The van der Waals surface area contributed by atoms with Gasteiger partial charge in [0, 0.05) is 12.5 Å². The fraction of sp³-hybridized carbons (Fsp3) is 0.417. The van der Waals surface area contributed by atoms with E-state index < -0.39 is 0 Å². The van der Waals surface area contributed by atoms with Gasteiger partial charge in [-0.3, -0.25) is 0 Å². The molecule has 2 rings (SSSR count). The minimum atomic E-state index is 0.433. The van der Waals surface area contributed by atoms with Crippen molar-refractivity contribution < 1.29 is 9.47 Å². The Kier molecular flexibility index (Phi) is 2.89. The van der Waals surface area contributed by atoms with E-state index >= 15 is 0 Å². The van der Waals surface area contributed by atoms with Gasteiger partial charge in [-0.05, 0) is 24.1 Å². The number of rotatable bonds is 2. The maximum Gasteiger partial charge on any atom is 0.136 e. The number of hydrogen-bond donors (Lipinski definition) is 0. The largest absolute Gasteiger partial charge is 0.495 e. The summed E-state index contributed by atoms with van der Waals surface area (Å²) in [5, 5.41) is 8.96. The lowest BCUT2D eigenvalue weighted by Gasteiger charge is -2.10. The lowest BCUT2D eigenvalue weighted by molar-refractivity contribution is 0.194. The Labute approximate surface area is 89.2 Å². The highest BCUT2D eigenvalue weighted by Crippen LogP contribution is 2.28. The Morgan fingerprint density at radius 3 is 3.00 bits per heavy atom. The highest BCUT2D eigenvalue weighted by Gasteiger charge is 2.18. The van der Waals surface area contributed by atoms with Crippen LogP contribution >= 0.6 is 0 Å². The fourth-order valence-corrected chi connectivity index (χ4v) is 1.86. The van der Waals surface area contributed by atoms with Crippen molar-refractivity contribution in [3.05, 3.63) is 29.3 Å². The molecular weight excluding hydrogens is 190 g/mol. The van der Waals surface area contributed by atoms with Gasteiger partial charge in [0.25, 0.3) is 0 Å². The summed E-state index contributed by atoms with van der Waals surface area (Å²) in [7, 11) is 1.58. The monoisotopic (exact) mass is 203 g/mol. The second-order valence-corrected chi connectivity index (χ2v) is 3.63. The first-order valence-corrected chi connectivity index (χ1v) is 5.01. The van der Waals surface area contributed by atoms with E-state index in [-0.39, 0.29) is 0 Å². The van der Waals surface area contributed by atoms with E-state index in [0.29, 0.717) is 17.2 Å². The van der Waals surface area contributed by atoms with E-state index in [2.05, 4.69) is 6.07 Å². The molecular formula is C12H13NO2. The summed E-state index contributed by atoms with van der Waals surface area (Å²) >= 11 is 0. The van der Waals surface area contributed by atoms with Crippen LogP contribution in [0.1, 0.15) is 23.5 Å². The number of ether oxygens (including phenoxy) is 2. The molecule has 1 saturated heterocycles. The van der Waals surface area contributed by atoms with Gasteiger partial charge in [0.1, 0.15) is 11.8 Å². The van der Waals surface area contributed by atoms with Gasteiger partial charge in [0.05, 0.1) is 19.3 Å². The molecule has 3 nitrogen and oxygen atoms in total. The maximum absolute atomic E-state index is 8.96. The molecule has 3 heteroatoms. The average Bonchev–Trinajstić information content (AvgIpc) is 2.81. The summed E-state index contributed by atoms with van der Waals surface area (Å²) in [5.41, 5.74) is 1.77. The van der Waals surface area contributed by atoms with Gasteiger partial charge < -0.3 is 9.47 Å². The van der Waals surface area contributed by atoms with E-state index in [0.717, 1.165) is 19.6 Å². The molecule has 1 unspecified atom stereocenters. The zero-order chi connectivity index (χ0) is 10.7. The first kappa shape index (κ1) is 10.0. The van der Waals surface area contributed by atoms with Gasteiger partial charge in [-0.15, -0.1) is 0 Å². The van der Waals surface area contributed by atoms with Gasteiger partial charge in [-0.2, -0.15) is 5.26 Å². The van der Waals surface area contributed by atoms with Crippen LogP contribution in [-0.4, -0.2) is 20.3 Å². The molecule has 0 aromatic heterocycles. The molecule has 0 amide bonds. The van der Waals surface area contributed by atoms with Crippen molar-refractivity contribution in [2.45, 2.75) is 12.3 Å². The molecule has 1 aliphatic heterocycles. The van der Waals surface area contributed by atoms with E-state index in [1.165, 1.54) is 5.56 Å². The molecule has 1 aromatic rings. The van der Waals surface area contributed by atoms with Crippen LogP contribution in [0.15, 0.2) is 18.2 Å². The molecule has 0 saturated carbocycles. The summed E-state index contributed by atoms with van der Waals surface area (Å²) in [6, 6.07) is 7.91. The van der Waals surface area contributed by atoms with Crippen LogP contribution in [0.5, 0.6) is 5.75 Å². The third-order valence-corrected chi connectivity index (χ3v) is 2.75. The second-order valence-electron chi connectivity index (χ2n) is 3.63. The highest BCUT2D eigenvalue weighted by atomic mass is 16.5. The summed E-state index contributed by atoms with van der Waals surface area (Å²) in [6.45, 7) is 1.58. The quantitative estimate of drug-likeness (QED) is 0.739. The van der Waals surface area contributed by atoms with E-state index in [9.17, 15) is 0 Å². The minimum absolute atomic E-state index is 0.433. The lowest BCUT2D eigenvalue weighted by Crippen LogP contribution is -1.99. The first-order valence-electron chi connectivity index (χ1n) is 5.01. The van der Waals surface area contributed by atoms with E-state index in [1.807, 2.05) is 18.2 Å². The van der Waals surface area contributed by atoms with E-state index in [1.54, 1.807) is 7.11 Å². The van der Waals surface area contributed by atoms with Gasteiger partial charge in [0.2, 0.25) is 0 Å². The summed E-state index contributed by atoms with van der Waals surface area (Å²) in [4.78, 5) is 0. The van der Waals surface area contributed by atoms with Crippen molar-refractivity contribution in [2.75, 3.05) is 20.3 Å². The predicted octanol–water partition coefficient (Wildman–Crippen LogP) is 2.07. The SMILES string of the molecule is COc1ccc(C2CCOC2)cc1C#N. The van der Waals surface area contributed by atoms with Crippen molar-refractivity contribution >= 4 is 0 Å². The smallest absolute Gasteiger partial charge is 0.136 e. The molecule has 15 heavy (non-hydrogen) atoms. The van der Waals surface area contributed by atoms with Gasteiger partial charge >= 0.3 is 0 Å². The summed E-state index contributed by atoms with van der Waals surface area (Å²) < 4.78 is 10.4. The number of hydrogen-bond acceptors (Lipinski definition) is 3. The van der Waals surface area contributed by atoms with Gasteiger partial charge in [-0.1, -0.05) is 6.07 Å². The standard InChI is InChI=1S/C12H13NO2/c1-14-12-3-2-9(6-11(12)7-13)10-4-5-15-8-10/h2-3,6,10H,4-5,8H2,1H3. The molecule has 0 spiro atoms. The molecule has 0 aliphatic carbocycles. The Morgan fingerprint density at radius 1 is 1.53 bits per heavy atom. The van der Waals surface area contributed by atoms with Crippen LogP contribution in [0.2, 0.25) is 0 Å². The number of methoxy groups -OCH3 is 1. The Balaban J connectivity index is 2.30. The second kappa shape index (κ2) is 4.33. The predicted molar refractivity (Wildman–Crippen MR) is 55.9 cm³/mol. The highest BCUT2D eigenvalue weighted by molar-refractivity contribution is 5.46. The number of benzene rings is 1. The molecule has 1 aromatic carbocycles. The topological polar surface area (TPSA) is 42.2 Å². The maximum atomic E-state index is 8.96. The van der Waals surface area contributed by atoms with Crippen LogP contribution in [0.4, 0.5) is 0 Å². The van der Waals surface area contributed by atoms with Crippen molar-refractivity contribution in [3.8, 4) is 11.8 Å². The number of nitrogens with zero attached hydrogens (tertiary/aromatic N) is 1. The molecule has 0 radical (unpaired) electrons. The van der Waals surface area contributed by atoms with Gasteiger partial charge in [-0.25, -0.2) is 0 Å². The molecule has 1 heterocycles. The van der Waals surface area contributed by atoms with Crippen molar-refractivity contribution in [2.24, 2.45) is 0 Å². The molecule has 0 N–H and O–H groups in total. The summed E-state index contributed by atoms with van der Waals surface area (Å²) in [6.07, 6.45) is 1.04. The third kappa shape index (κ3) is 1.95.